The number of aromatic nitrogens is 1. The highest BCUT2D eigenvalue weighted by Crippen LogP contribution is 2.24. The van der Waals surface area contributed by atoms with Gasteiger partial charge >= 0.3 is 0 Å². The summed E-state index contributed by atoms with van der Waals surface area (Å²) >= 11 is 1.74. The largest absolute Gasteiger partial charge is 0.338 e. The fraction of sp³-hybridized carbons (Fsp3) is 0.524. The summed E-state index contributed by atoms with van der Waals surface area (Å²) in [5, 5.41) is 0. The van der Waals surface area contributed by atoms with Gasteiger partial charge in [0.2, 0.25) is 0 Å². The topological polar surface area (TPSA) is 36.4 Å². The molecule has 26 heavy (non-hydrogen) atoms. The van der Waals surface area contributed by atoms with Gasteiger partial charge in [-0.2, -0.15) is 0 Å². The fourth-order valence-corrected chi connectivity index (χ4v) is 4.40. The minimum atomic E-state index is 0.206. The number of benzene rings is 1. The van der Waals surface area contributed by atoms with Crippen molar-refractivity contribution >= 4 is 17.2 Å². The summed E-state index contributed by atoms with van der Waals surface area (Å²) in [6.07, 6.45) is 3.06. The third-order valence-electron chi connectivity index (χ3n) is 5.55. The van der Waals surface area contributed by atoms with Crippen LogP contribution in [0, 0.1) is 20.8 Å². The van der Waals surface area contributed by atoms with Crippen LogP contribution in [-0.4, -0.2) is 53.9 Å². The Kier molecular flexibility index (Phi) is 6.09. The Morgan fingerprint density at radius 2 is 2.04 bits per heavy atom. The molecule has 3 rings (SSSR count). The number of amides is 1. The number of carbonyl (C=O) groups is 1. The van der Waals surface area contributed by atoms with Gasteiger partial charge in [-0.25, -0.2) is 4.98 Å². The van der Waals surface area contributed by atoms with Crippen molar-refractivity contribution in [3.63, 3.8) is 0 Å². The third kappa shape index (κ3) is 4.15. The Labute approximate surface area is 160 Å². The van der Waals surface area contributed by atoms with Crippen LogP contribution in [0.3, 0.4) is 0 Å². The molecule has 0 saturated heterocycles. The monoisotopic (exact) mass is 371 g/mol. The van der Waals surface area contributed by atoms with Gasteiger partial charge in [0.1, 0.15) is 0 Å². The zero-order chi connectivity index (χ0) is 18.7. The molecule has 0 unspecified atom stereocenters. The summed E-state index contributed by atoms with van der Waals surface area (Å²) in [6.45, 7) is 10.1. The second-order valence-corrected chi connectivity index (χ2v) is 8.28. The number of fused-ring (bicyclic) bond motifs is 1. The smallest absolute Gasteiger partial charge is 0.254 e. The Bertz CT molecular complexity index is 784. The molecule has 1 amide bonds. The minimum Gasteiger partial charge on any atom is -0.338 e. The molecule has 5 heteroatoms. The van der Waals surface area contributed by atoms with E-state index in [0.29, 0.717) is 0 Å². The van der Waals surface area contributed by atoms with Crippen molar-refractivity contribution in [2.45, 2.75) is 40.0 Å². The molecule has 140 valence electrons. The molecule has 0 fully saturated rings. The summed E-state index contributed by atoms with van der Waals surface area (Å²) < 4.78 is 0. The van der Waals surface area contributed by atoms with Crippen LogP contribution in [0.5, 0.6) is 0 Å². The number of carbonyl (C=O) groups excluding carboxylic acids is 1. The SMILES string of the molecule is Cc1ccc2c(c1C)CCN(CCCN(C)CCc1scnc1C)C2=O. The Morgan fingerprint density at radius 3 is 2.77 bits per heavy atom. The van der Waals surface area contributed by atoms with Gasteiger partial charge in [0.15, 0.2) is 0 Å². The predicted octanol–water partition coefficient (Wildman–Crippen LogP) is 3.63. The zero-order valence-electron chi connectivity index (χ0n) is 16.3. The van der Waals surface area contributed by atoms with Gasteiger partial charge < -0.3 is 9.80 Å². The number of hydrogen-bond donors (Lipinski definition) is 0. The first kappa shape index (κ1) is 19.1. The highest BCUT2D eigenvalue weighted by molar-refractivity contribution is 7.09. The first-order chi connectivity index (χ1) is 12.5. The molecule has 0 bridgehead atoms. The van der Waals surface area contributed by atoms with Crippen LogP contribution >= 0.6 is 11.3 Å². The van der Waals surface area contributed by atoms with Gasteiger partial charge in [0, 0.05) is 30.1 Å². The molecule has 1 aromatic heterocycles. The number of likely N-dealkylation sites (N-methyl/N-ethyl adjacent to an activating group) is 1. The van der Waals surface area contributed by atoms with Gasteiger partial charge in [-0.3, -0.25) is 4.79 Å². The maximum absolute atomic E-state index is 12.8. The van der Waals surface area contributed by atoms with Crippen molar-refractivity contribution in [1.29, 1.82) is 0 Å². The Morgan fingerprint density at radius 1 is 1.23 bits per heavy atom. The molecular weight excluding hydrogens is 342 g/mol. The quantitative estimate of drug-likeness (QED) is 0.746. The molecular formula is C21H29N3OS. The van der Waals surface area contributed by atoms with Gasteiger partial charge in [-0.05, 0) is 76.4 Å². The van der Waals surface area contributed by atoms with E-state index < -0.39 is 0 Å². The van der Waals surface area contributed by atoms with E-state index in [1.165, 1.54) is 21.6 Å². The predicted molar refractivity (Wildman–Crippen MR) is 108 cm³/mol. The average molecular weight is 372 g/mol. The van der Waals surface area contributed by atoms with E-state index in [9.17, 15) is 4.79 Å². The van der Waals surface area contributed by atoms with Crippen molar-refractivity contribution in [2.24, 2.45) is 0 Å². The lowest BCUT2D eigenvalue weighted by molar-refractivity contribution is 0.0733. The molecule has 1 aliphatic rings. The molecule has 0 saturated carbocycles. The van der Waals surface area contributed by atoms with Crippen molar-refractivity contribution < 1.29 is 4.79 Å². The second-order valence-electron chi connectivity index (χ2n) is 7.34. The van der Waals surface area contributed by atoms with Crippen LogP contribution in [0.2, 0.25) is 0 Å². The van der Waals surface area contributed by atoms with Crippen LogP contribution in [0.25, 0.3) is 0 Å². The number of aryl methyl sites for hydroxylation is 2. The molecule has 0 radical (unpaired) electrons. The maximum Gasteiger partial charge on any atom is 0.254 e. The van der Waals surface area contributed by atoms with Crippen molar-refractivity contribution in [3.05, 3.63) is 50.5 Å². The van der Waals surface area contributed by atoms with Gasteiger partial charge in [0.05, 0.1) is 11.2 Å². The van der Waals surface area contributed by atoms with Crippen LogP contribution in [0.4, 0.5) is 0 Å². The van der Waals surface area contributed by atoms with E-state index in [1.54, 1.807) is 11.3 Å². The minimum absolute atomic E-state index is 0.206. The standard InChI is InChI=1S/C21H29N3OS/c1-15-6-7-19-18(16(15)2)8-13-24(21(19)25)11-5-10-23(4)12-9-20-17(3)22-14-26-20/h6-7,14H,5,8-13H2,1-4H3. The van der Waals surface area contributed by atoms with Crippen molar-refractivity contribution in [2.75, 3.05) is 33.2 Å². The fourth-order valence-electron chi connectivity index (χ4n) is 3.63. The van der Waals surface area contributed by atoms with E-state index >= 15 is 0 Å². The van der Waals surface area contributed by atoms with Crippen LogP contribution in [-0.2, 0) is 12.8 Å². The van der Waals surface area contributed by atoms with E-state index in [1.807, 2.05) is 16.5 Å². The highest BCUT2D eigenvalue weighted by atomic mass is 32.1. The molecule has 1 aromatic carbocycles. The molecule has 0 aliphatic carbocycles. The van der Waals surface area contributed by atoms with E-state index in [0.717, 1.165) is 56.7 Å². The van der Waals surface area contributed by atoms with Gasteiger partial charge in [0.25, 0.3) is 5.91 Å². The number of rotatable bonds is 7. The van der Waals surface area contributed by atoms with E-state index in [4.69, 9.17) is 0 Å². The van der Waals surface area contributed by atoms with Crippen molar-refractivity contribution in [3.8, 4) is 0 Å². The van der Waals surface area contributed by atoms with E-state index in [2.05, 4.69) is 43.8 Å². The number of hydrogen-bond acceptors (Lipinski definition) is 4. The molecule has 2 aromatic rings. The van der Waals surface area contributed by atoms with Gasteiger partial charge in [-0.1, -0.05) is 6.07 Å². The molecule has 2 heterocycles. The van der Waals surface area contributed by atoms with Crippen molar-refractivity contribution in [1.82, 2.24) is 14.8 Å². The molecule has 0 atom stereocenters. The summed E-state index contributed by atoms with van der Waals surface area (Å²) in [5.41, 5.74) is 7.81. The van der Waals surface area contributed by atoms with Gasteiger partial charge in [-0.15, -0.1) is 11.3 Å². The normalized spacial score (nSPS) is 14.2. The lowest BCUT2D eigenvalue weighted by Crippen LogP contribution is -2.39. The van der Waals surface area contributed by atoms with E-state index in [-0.39, 0.29) is 5.91 Å². The summed E-state index contributed by atoms with van der Waals surface area (Å²) in [4.78, 5) is 22.9. The number of thiazole rings is 1. The Balaban J connectivity index is 1.47. The summed E-state index contributed by atoms with van der Waals surface area (Å²) in [7, 11) is 2.16. The molecule has 0 N–H and O–H groups in total. The lowest BCUT2D eigenvalue weighted by atomic mass is 9.91. The molecule has 4 nitrogen and oxygen atoms in total. The van der Waals surface area contributed by atoms with Crippen LogP contribution < -0.4 is 0 Å². The lowest BCUT2D eigenvalue weighted by Gasteiger charge is -2.30. The Hall–Kier alpha value is -1.72. The average Bonchev–Trinajstić information content (AvgIpc) is 3.03. The van der Waals surface area contributed by atoms with Crippen LogP contribution in [0.15, 0.2) is 17.6 Å². The third-order valence-corrected chi connectivity index (χ3v) is 6.55. The molecule has 1 aliphatic heterocycles. The number of nitrogens with zero attached hydrogens (tertiary/aromatic N) is 3. The zero-order valence-corrected chi connectivity index (χ0v) is 17.2. The van der Waals surface area contributed by atoms with Crippen LogP contribution in [0.1, 0.15) is 44.0 Å². The molecule has 0 spiro atoms. The highest BCUT2D eigenvalue weighted by Gasteiger charge is 2.25. The first-order valence-electron chi connectivity index (χ1n) is 9.43. The summed E-state index contributed by atoms with van der Waals surface area (Å²) in [5.74, 6) is 0.206. The maximum atomic E-state index is 12.8. The summed E-state index contributed by atoms with van der Waals surface area (Å²) in [6, 6.07) is 4.08. The second kappa shape index (κ2) is 8.31. The first-order valence-corrected chi connectivity index (χ1v) is 10.3.